The lowest BCUT2D eigenvalue weighted by Gasteiger charge is -2.02. The van der Waals surface area contributed by atoms with Crippen molar-refractivity contribution >= 4 is 23.6 Å². The molecule has 0 saturated heterocycles. The minimum absolute atomic E-state index is 0.0507. The van der Waals surface area contributed by atoms with Crippen LogP contribution in [-0.4, -0.2) is 23.4 Å². The van der Waals surface area contributed by atoms with Crippen molar-refractivity contribution in [3.8, 4) is 5.75 Å². The van der Waals surface area contributed by atoms with Crippen LogP contribution in [0.25, 0.3) is 6.08 Å². The first-order valence-corrected chi connectivity index (χ1v) is 7.98. The van der Waals surface area contributed by atoms with E-state index in [0.29, 0.717) is 17.7 Å². The fraction of sp³-hybridized carbons (Fsp3) is 0.158. The minimum Gasteiger partial charge on any atom is -0.494 e. The Balaban J connectivity index is 1.89. The highest BCUT2D eigenvalue weighted by Crippen LogP contribution is 2.24. The van der Waals surface area contributed by atoms with E-state index in [4.69, 9.17) is 9.47 Å². The Hall–Kier alpha value is -3.48. The van der Waals surface area contributed by atoms with Crippen LogP contribution in [0.2, 0.25) is 0 Å². The largest absolute Gasteiger partial charge is 0.494 e. The fourth-order valence-corrected chi connectivity index (χ4v) is 2.46. The average molecular weight is 352 g/mol. The first kappa shape index (κ1) is 17.3. The number of hydrogen-bond donors (Lipinski definition) is 0. The van der Waals surface area contributed by atoms with Gasteiger partial charge in [-0.05, 0) is 43.7 Å². The molecule has 0 aromatic heterocycles. The summed E-state index contributed by atoms with van der Waals surface area (Å²) in [5, 5.41) is 11.1. The van der Waals surface area contributed by atoms with E-state index in [2.05, 4.69) is 4.99 Å². The zero-order chi connectivity index (χ0) is 18.7. The highest BCUT2D eigenvalue weighted by Gasteiger charge is 2.25. The molecule has 0 radical (unpaired) electrons. The molecule has 0 N–H and O–H groups in total. The molecule has 2 aromatic rings. The molecule has 3 rings (SSSR count). The van der Waals surface area contributed by atoms with Crippen LogP contribution in [0, 0.1) is 17.0 Å². The maximum atomic E-state index is 12.1. The van der Waals surface area contributed by atoms with Crippen molar-refractivity contribution in [2.45, 2.75) is 13.8 Å². The Kier molecular flexibility index (Phi) is 4.79. The molecular weight excluding hydrogens is 336 g/mol. The van der Waals surface area contributed by atoms with Gasteiger partial charge >= 0.3 is 5.97 Å². The van der Waals surface area contributed by atoms with E-state index in [-0.39, 0.29) is 17.3 Å². The summed E-state index contributed by atoms with van der Waals surface area (Å²) in [6.45, 7) is 4.11. The zero-order valence-corrected chi connectivity index (χ0v) is 14.3. The standard InChI is InChI=1S/C19H16N2O5/c1-3-25-15-8-5-13(6-9-15)10-16-19(22)26-18(20-16)14-7-4-12(2)17(11-14)21(23)24/h4-11H,3H2,1-2H3. The second-order valence-corrected chi connectivity index (χ2v) is 5.60. The van der Waals surface area contributed by atoms with Crippen LogP contribution in [0.5, 0.6) is 5.75 Å². The smallest absolute Gasteiger partial charge is 0.363 e. The summed E-state index contributed by atoms with van der Waals surface area (Å²) in [4.78, 5) is 26.8. The molecule has 7 nitrogen and oxygen atoms in total. The van der Waals surface area contributed by atoms with E-state index in [0.717, 1.165) is 11.3 Å². The van der Waals surface area contributed by atoms with Crippen molar-refractivity contribution in [3.05, 3.63) is 75.0 Å². The van der Waals surface area contributed by atoms with E-state index in [1.54, 1.807) is 49.4 Å². The normalized spacial score (nSPS) is 14.9. The first-order chi connectivity index (χ1) is 12.5. The van der Waals surface area contributed by atoms with Crippen LogP contribution in [0.4, 0.5) is 5.69 Å². The van der Waals surface area contributed by atoms with Gasteiger partial charge in [-0.1, -0.05) is 18.2 Å². The molecule has 0 saturated carbocycles. The molecule has 0 unspecified atom stereocenters. The van der Waals surface area contributed by atoms with Gasteiger partial charge in [-0.15, -0.1) is 0 Å². The van der Waals surface area contributed by atoms with Crippen LogP contribution in [0.1, 0.15) is 23.6 Å². The van der Waals surface area contributed by atoms with Crippen molar-refractivity contribution in [1.82, 2.24) is 0 Å². The number of nitro benzene ring substituents is 1. The number of benzene rings is 2. The lowest BCUT2D eigenvalue weighted by Crippen LogP contribution is -2.06. The van der Waals surface area contributed by atoms with Crippen molar-refractivity contribution in [1.29, 1.82) is 0 Å². The summed E-state index contributed by atoms with van der Waals surface area (Å²) < 4.78 is 10.5. The molecule has 26 heavy (non-hydrogen) atoms. The number of hydrogen-bond acceptors (Lipinski definition) is 6. The summed E-state index contributed by atoms with van der Waals surface area (Å²) in [7, 11) is 0. The molecule has 1 aliphatic heterocycles. The van der Waals surface area contributed by atoms with E-state index in [1.165, 1.54) is 6.07 Å². The second kappa shape index (κ2) is 7.18. The highest BCUT2D eigenvalue weighted by molar-refractivity contribution is 6.13. The van der Waals surface area contributed by atoms with Crippen LogP contribution in [0.3, 0.4) is 0 Å². The predicted molar refractivity (Wildman–Crippen MR) is 96.1 cm³/mol. The van der Waals surface area contributed by atoms with Gasteiger partial charge in [0.25, 0.3) is 5.69 Å². The lowest BCUT2D eigenvalue weighted by molar-refractivity contribution is -0.385. The van der Waals surface area contributed by atoms with Gasteiger partial charge < -0.3 is 9.47 Å². The minimum atomic E-state index is -0.600. The fourth-order valence-electron chi connectivity index (χ4n) is 2.46. The van der Waals surface area contributed by atoms with Gasteiger partial charge in [0.05, 0.1) is 11.5 Å². The summed E-state index contributed by atoms with van der Waals surface area (Å²) in [5.74, 6) is 0.187. The molecule has 7 heteroatoms. The third-order valence-corrected chi connectivity index (χ3v) is 3.77. The third-order valence-electron chi connectivity index (χ3n) is 3.77. The molecule has 0 fully saturated rings. The van der Waals surface area contributed by atoms with Gasteiger partial charge in [0.2, 0.25) is 5.90 Å². The topological polar surface area (TPSA) is 91.0 Å². The summed E-state index contributed by atoms with van der Waals surface area (Å²) >= 11 is 0. The monoisotopic (exact) mass is 352 g/mol. The van der Waals surface area contributed by atoms with Crippen molar-refractivity contribution in [2.24, 2.45) is 4.99 Å². The molecule has 0 atom stereocenters. The Morgan fingerprint density at radius 2 is 1.96 bits per heavy atom. The molecule has 2 aromatic carbocycles. The van der Waals surface area contributed by atoms with Crippen molar-refractivity contribution in [2.75, 3.05) is 6.61 Å². The van der Waals surface area contributed by atoms with Crippen LogP contribution < -0.4 is 4.74 Å². The number of aryl methyl sites for hydroxylation is 1. The number of nitro groups is 1. The molecule has 0 aliphatic carbocycles. The van der Waals surface area contributed by atoms with E-state index >= 15 is 0 Å². The predicted octanol–water partition coefficient (Wildman–Crippen LogP) is 3.65. The highest BCUT2D eigenvalue weighted by atomic mass is 16.6. The van der Waals surface area contributed by atoms with Gasteiger partial charge in [0.1, 0.15) is 5.75 Å². The molecular formula is C19H16N2O5. The lowest BCUT2D eigenvalue weighted by atomic mass is 10.1. The summed E-state index contributed by atoms with van der Waals surface area (Å²) in [5.41, 5.74) is 1.75. The molecule has 1 aliphatic rings. The van der Waals surface area contributed by atoms with E-state index in [9.17, 15) is 14.9 Å². The Bertz CT molecular complexity index is 929. The summed E-state index contributed by atoms with van der Waals surface area (Å²) in [6.07, 6.45) is 1.59. The maximum Gasteiger partial charge on any atom is 0.363 e. The van der Waals surface area contributed by atoms with Gasteiger partial charge in [-0.25, -0.2) is 9.79 Å². The van der Waals surface area contributed by atoms with Gasteiger partial charge in [-0.2, -0.15) is 0 Å². The van der Waals surface area contributed by atoms with E-state index < -0.39 is 10.9 Å². The number of carbonyl (C=O) groups is 1. The van der Waals surface area contributed by atoms with Crippen molar-refractivity contribution in [3.63, 3.8) is 0 Å². The molecule has 0 spiro atoms. The first-order valence-electron chi connectivity index (χ1n) is 7.98. The maximum absolute atomic E-state index is 12.1. The number of nitrogens with zero attached hydrogens (tertiary/aromatic N) is 2. The molecule has 0 bridgehead atoms. The quantitative estimate of drug-likeness (QED) is 0.354. The van der Waals surface area contributed by atoms with Crippen LogP contribution >= 0.6 is 0 Å². The SMILES string of the molecule is CCOc1ccc(C=C2N=C(c3ccc(C)c([N+](=O)[O-])c3)OC2=O)cc1. The summed E-state index contributed by atoms with van der Waals surface area (Å²) in [6, 6.07) is 11.8. The number of cyclic esters (lactones) is 1. The van der Waals surface area contributed by atoms with Gasteiger partial charge in [0, 0.05) is 17.2 Å². The third kappa shape index (κ3) is 3.61. The van der Waals surface area contributed by atoms with Crippen molar-refractivity contribution < 1.29 is 19.2 Å². The number of esters is 1. The van der Waals surface area contributed by atoms with Crippen LogP contribution in [-0.2, 0) is 9.53 Å². The molecule has 132 valence electrons. The molecule has 0 amide bonds. The number of ether oxygens (including phenoxy) is 2. The van der Waals surface area contributed by atoms with Gasteiger partial charge in [-0.3, -0.25) is 10.1 Å². The molecule has 1 heterocycles. The second-order valence-electron chi connectivity index (χ2n) is 5.60. The number of carbonyl (C=O) groups excluding carboxylic acids is 1. The van der Waals surface area contributed by atoms with Crippen LogP contribution in [0.15, 0.2) is 53.2 Å². The van der Waals surface area contributed by atoms with E-state index in [1.807, 2.05) is 6.92 Å². The average Bonchev–Trinajstić information content (AvgIpc) is 2.97. The Morgan fingerprint density at radius 1 is 1.23 bits per heavy atom. The Labute approximate surface area is 149 Å². The zero-order valence-electron chi connectivity index (χ0n) is 14.3. The number of aliphatic imine (C=N–C) groups is 1. The van der Waals surface area contributed by atoms with Gasteiger partial charge in [0.15, 0.2) is 5.70 Å². The Morgan fingerprint density at radius 3 is 2.62 bits per heavy atom. The number of rotatable bonds is 5.